The Labute approximate surface area is 152 Å². The monoisotopic (exact) mass is 340 g/mol. The summed E-state index contributed by atoms with van der Waals surface area (Å²) in [5.41, 5.74) is 1.37. The third-order valence-electron chi connectivity index (χ3n) is 6.83. The highest BCUT2D eigenvalue weighted by molar-refractivity contribution is 5.80. The van der Waals surface area contributed by atoms with E-state index in [0.717, 1.165) is 32.1 Å². The number of benzene rings is 1. The van der Waals surface area contributed by atoms with E-state index in [0.29, 0.717) is 17.7 Å². The maximum absolute atomic E-state index is 12.7. The summed E-state index contributed by atoms with van der Waals surface area (Å²) < 4.78 is 0. The van der Waals surface area contributed by atoms with Crippen LogP contribution in [0.3, 0.4) is 0 Å². The highest BCUT2D eigenvalue weighted by Crippen LogP contribution is 2.41. The van der Waals surface area contributed by atoms with Crippen LogP contribution in [0.15, 0.2) is 30.3 Å². The molecule has 0 bridgehead atoms. The summed E-state index contributed by atoms with van der Waals surface area (Å²) in [6, 6.07) is 10.7. The number of hydrogen-bond donors (Lipinski definition) is 1. The third-order valence-corrected chi connectivity index (χ3v) is 6.83. The SMILES string of the molecule is O=C1NCC2CCCCCCCC2C2CN(Cc3ccccc3)CC12. The minimum absolute atomic E-state index is 0.208. The van der Waals surface area contributed by atoms with Gasteiger partial charge in [-0.25, -0.2) is 0 Å². The number of likely N-dealkylation sites (tertiary alicyclic amines) is 1. The van der Waals surface area contributed by atoms with Crippen LogP contribution in [-0.4, -0.2) is 30.4 Å². The molecule has 3 heteroatoms. The van der Waals surface area contributed by atoms with Crippen molar-refractivity contribution < 1.29 is 4.79 Å². The van der Waals surface area contributed by atoms with Crippen molar-refractivity contribution in [2.24, 2.45) is 23.7 Å². The molecule has 136 valence electrons. The smallest absolute Gasteiger partial charge is 0.224 e. The second-order valence-corrected chi connectivity index (χ2v) is 8.46. The Bertz CT molecular complexity index is 573. The second-order valence-electron chi connectivity index (χ2n) is 8.46. The van der Waals surface area contributed by atoms with Crippen LogP contribution < -0.4 is 5.32 Å². The number of rotatable bonds is 2. The molecule has 1 N–H and O–H groups in total. The van der Waals surface area contributed by atoms with E-state index in [4.69, 9.17) is 0 Å². The molecule has 2 heterocycles. The van der Waals surface area contributed by atoms with Gasteiger partial charge in [-0.05, 0) is 36.2 Å². The van der Waals surface area contributed by atoms with Gasteiger partial charge >= 0.3 is 0 Å². The normalized spacial score (nSPS) is 34.0. The fourth-order valence-corrected chi connectivity index (χ4v) is 5.54. The Hall–Kier alpha value is -1.35. The lowest BCUT2D eigenvalue weighted by Crippen LogP contribution is -2.34. The average molecular weight is 341 g/mol. The number of nitrogens with zero attached hydrogens (tertiary/aromatic N) is 1. The summed E-state index contributed by atoms with van der Waals surface area (Å²) in [6.07, 6.45) is 9.52. The highest BCUT2D eigenvalue weighted by Gasteiger charge is 2.45. The average Bonchev–Trinajstić information content (AvgIpc) is 3.04. The van der Waals surface area contributed by atoms with Crippen LogP contribution in [0.25, 0.3) is 0 Å². The van der Waals surface area contributed by atoms with Crippen LogP contribution in [0.5, 0.6) is 0 Å². The van der Waals surface area contributed by atoms with Crippen molar-refractivity contribution in [3.05, 3.63) is 35.9 Å². The highest BCUT2D eigenvalue weighted by atomic mass is 16.2. The number of carbonyl (C=O) groups excluding carboxylic acids is 1. The van der Waals surface area contributed by atoms with Gasteiger partial charge in [-0.3, -0.25) is 9.69 Å². The van der Waals surface area contributed by atoms with E-state index in [1.165, 1.54) is 50.5 Å². The van der Waals surface area contributed by atoms with Crippen molar-refractivity contribution in [3.63, 3.8) is 0 Å². The van der Waals surface area contributed by atoms with Gasteiger partial charge in [-0.2, -0.15) is 0 Å². The molecule has 2 saturated heterocycles. The van der Waals surface area contributed by atoms with Gasteiger partial charge in [0.25, 0.3) is 0 Å². The zero-order valence-electron chi connectivity index (χ0n) is 15.3. The first-order valence-electron chi connectivity index (χ1n) is 10.4. The molecule has 4 rings (SSSR count). The maximum atomic E-state index is 12.7. The standard InChI is InChI=1S/C22H32N2O/c25-22-21-16-24(14-17-9-5-4-6-10-17)15-20(21)19-12-8-3-1-2-7-11-18(19)13-23-22/h4-6,9-10,18-21H,1-3,7-8,11-16H2,(H,23,25). The Balaban J connectivity index is 1.50. The van der Waals surface area contributed by atoms with E-state index in [1.807, 2.05) is 0 Å². The molecule has 1 aromatic carbocycles. The van der Waals surface area contributed by atoms with Gasteiger partial charge in [0.05, 0.1) is 5.92 Å². The molecule has 4 atom stereocenters. The molecular weight excluding hydrogens is 308 g/mol. The predicted molar refractivity (Wildman–Crippen MR) is 101 cm³/mol. The van der Waals surface area contributed by atoms with Crippen LogP contribution in [0.2, 0.25) is 0 Å². The van der Waals surface area contributed by atoms with E-state index in [1.54, 1.807) is 0 Å². The Morgan fingerprint density at radius 1 is 0.920 bits per heavy atom. The lowest BCUT2D eigenvalue weighted by Gasteiger charge is -2.30. The number of fused-ring (bicyclic) bond motifs is 3. The van der Waals surface area contributed by atoms with Gasteiger partial charge < -0.3 is 5.32 Å². The fraction of sp³-hybridized carbons (Fsp3) is 0.682. The molecule has 2 aliphatic heterocycles. The summed E-state index contributed by atoms with van der Waals surface area (Å²) >= 11 is 0. The van der Waals surface area contributed by atoms with Crippen molar-refractivity contribution in [2.45, 2.75) is 51.5 Å². The first kappa shape index (κ1) is 17.1. The molecule has 25 heavy (non-hydrogen) atoms. The Morgan fingerprint density at radius 2 is 1.68 bits per heavy atom. The van der Waals surface area contributed by atoms with Crippen molar-refractivity contribution in [3.8, 4) is 0 Å². The molecule has 1 saturated carbocycles. The van der Waals surface area contributed by atoms with E-state index in [2.05, 4.69) is 40.5 Å². The van der Waals surface area contributed by atoms with E-state index in [9.17, 15) is 4.79 Å². The predicted octanol–water partition coefficient (Wildman–Crippen LogP) is 3.84. The third kappa shape index (κ3) is 3.92. The van der Waals surface area contributed by atoms with Crippen molar-refractivity contribution in [2.75, 3.05) is 19.6 Å². The van der Waals surface area contributed by atoms with Crippen LogP contribution in [0.4, 0.5) is 0 Å². The topological polar surface area (TPSA) is 32.3 Å². The molecule has 4 unspecified atom stereocenters. The van der Waals surface area contributed by atoms with Crippen molar-refractivity contribution >= 4 is 5.91 Å². The van der Waals surface area contributed by atoms with Crippen molar-refractivity contribution in [1.29, 1.82) is 0 Å². The van der Waals surface area contributed by atoms with Gasteiger partial charge in [0, 0.05) is 26.2 Å². The number of carbonyl (C=O) groups is 1. The van der Waals surface area contributed by atoms with E-state index >= 15 is 0 Å². The lowest BCUT2D eigenvalue weighted by atomic mass is 9.74. The quantitative estimate of drug-likeness (QED) is 0.887. The van der Waals surface area contributed by atoms with E-state index in [-0.39, 0.29) is 5.92 Å². The summed E-state index contributed by atoms with van der Waals surface area (Å²) in [5.74, 6) is 2.54. The minimum atomic E-state index is 0.208. The summed E-state index contributed by atoms with van der Waals surface area (Å²) in [7, 11) is 0. The van der Waals surface area contributed by atoms with Crippen molar-refractivity contribution in [1.82, 2.24) is 10.2 Å². The molecule has 1 aliphatic carbocycles. The van der Waals surface area contributed by atoms with Gasteiger partial charge in [0.15, 0.2) is 0 Å². The molecule has 0 radical (unpaired) electrons. The zero-order chi connectivity index (χ0) is 17.1. The van der Waals surface area contributed by atoms with Gasteiger partial charge in [-0.15, -0.1) is 0 Å². The first-order chi connectivity index (χ1) is 12.3. The summed E-state index contributed by atoms with van der Waals surface area (Å²) in [4.78, 5) is 15.3. The van der Waals surface area contributed by atoms with Crippen LogP contribution in [0.1, 0.15) is 50.5 Å². The van der Waals surface area contributed by atoms with Gasteiger partial charge in [0.1, 0.15) is 0 Å². The molecule has 3 aliphatic rings. The Morgan fingerprint density at radius 3 is 2.52 bits per heavy atom. The second kappa shape index (κ2) is 7.90. The number of nitrogens with one attached hydrogen (secondary N) is 1. The molecule has 1 aromatic rings. The number of amides is 1. The maximum Gasteiger partial charge on any atom is 0.224 e. The first-order valence-corrected chi connectivity index (χ1v) is 10.4. The van der Waals surface area contributed by atoms with Gasteiger partial charge in [0.2, 0.25) is 5.91 Å². The fourth-order valence-electron chi connectivity index (χ4n) is 5.54. The molecule has 0 aromatic heterocycles. The van der Waals surface area contributed by atoms with Gasteiger partial charge in [-0.1, -0.05) is 62.4 Å². The van der Waals surface area contributed by atoms with Crippen LogP contribution >= 0.6 is 0 Å². The molecule has 3 fully saturated rings. The van der Waals surface area contributed by atoms with Crippen LogP contribution in [0, 0.1) is 23.7 Å². The number of hydrogen-bond acceptors (Lipinski definition) is 2. The molecule has 0 spiro atoms. The molecule has 1 amide bonds. The largest absolute Gasteiger partial charge is 0.356 e. The zero-order valence-corrected chi connectivity index (χ0v) is 15.3. The van der Waals surface area contributed by atoms with E-state index < -0.39 is 0 Å². The Kier molecular flexibility index (Phi) is 5.40. The van der Waals surface area contributed by atoms with Crippen LogP contribution in [-0.2, 0) is 11.3 Å². The lowest BCUT2D eigenvalue weighted by molar-refractivity contribution is -0.125. The summed E-state index contributed by atoms with van der Waals surface area (Å²) in [5, 5.41) is 3.30. The summed E-state index contributed by atoms with van der Waals surface area (Å²) in [6.45, 7) is 3.95. The molecule has 3 nitrogen and oxygen atoms in total. The minimum Gasteiger partial charge on any atom is -0.356 e. The molecular formula is C22H32N2O.